The van der Waals surface area contributed by atoms with Crippen LogP contribution in [0.2, 0.25) is 0 Å². The summed E-state index contributed by atoms with van der Waals surface area (Å²) in [4.78, 5) is 27.8. The number of hydrogen-bond donors (Lipinski definition) is 1. The number of carbonyl (C=O) groups is 2. The summed E-state index contributed by atoms with van der Waals surface area (Å²) in [7, 11) is 0. The molecule has 0 spiro atoms. The molecule has 29 heavy (non-hydrogen) atoms. The molecule has 0 saturated carbocycles. The Morgan fingerprint density at radius 2 is 1.93 bits per heavy atom. The van der Waals surface area contributed by atoms with Crippen molar-refractivity contribution in [3.63, 3.8) is 0 Å². The van der Waals surface area contributed by atoms with Crippen molar-refractivity contribution in [2.24, 2.45) is 5.10 Å². The van der Waals surface area contributed by atoms with Crippen LogP contribution >= 0.6 is 0 Å². The summed E-state index contributed by atoms with van der Waals surface area (Å²) in [6.45, 7) is 6.08. The molecule has 1 amide bonds. The zero-order chi connectivity index (χ0) is 20.8. The van der Waals surface area contributed by atoms with E-state index >= 15 is 0 Å². The van der Waals surface area contributed by atoms with Crippen molar-refractivity contribution >= 4 is 18.1 Å². The third-order valence-corrected chi connectivity index (χ3v) is 4.40. The lowest BCUT2D eigenvalue weighted by atomic mass is 10.2. The smallest absolute Gasteiger partial charge is 0.338 e. The third-order valence-electron chi connectivity index (χ3n) is 4.40. The summed E-state index contributed by atoms with van der Waals surface area (Å²) in [5.74, 6) is -0.658. The molecule has 3 rings (SSSR count). The fourth-order valence-corrected chi connectivity index (χ4v) is 3.00. The Bertz CT molecular complexity index is 1040. The standard InChI is InChI=1S/C22H22N4O3/c1-4-29-22(28)17-7-9-20(10-8-17)26-15(2)12-19(16(26)3)14-24-25-21(27)18-6-5-11-23-13-18/h5-14H,4H2,1-3H3,(H,25,27)/b24-14+. The van der Waals surface area contributed by atoms with Gasteiger partial charge in [0.1, 0.15) is 0 Å². The van der Waals surface area contributed by atoms with Crippen LogP contribution in [0.15, 0.2) is 60.0 Å². The maximum Gasteiger partial charge on any atom is 0.338 e. The highest BCUT2D eigenvalue weighted by atomic mass is 16.5. The Hall–Kier alpha value is -3.74. The Labute approximate surface area is 169 Å². The van der Waals surface area contributed by atoms with Gasteiger partial charge in [0, 0.05) is 35.0 Å². The van der Waals surface area contributed by atoms with Gasteiger partial charge in [-0.15, -0.1) is 0 Å². The van der Waals surface area contributed by atoms with Crippen LogP contribution in [0.4, 0.5) is 0 Å². The van der Waals surface area contributed by atoms with Gasteiger partial charge in [-0.1, -0.05) is 0 Å². The SMILES string of the molecule is CCOC(=O)c1ccc(-n2c(C)cc(/C=N/NC(=O)c3cccnc3)c2C)cc1. The summed E-state index contributed by atoms with van der Waals surface area (Å²) >= 11 is 0. The fraction of sp³-hybridized carbons (Fsp3) is 0.182. The highest BCUT2D eigenvalue weighted by Crippen LogP contribution is 2.20. The summed E-state index contributed by atoms with van der Waals surface area (Å²) in [5.41, 5.74) is 7.23. The number of aryl methyl sites for hydroxylation is 1. The Kier molecular flexibility index (Phi) is 6.19. The van der Waals surface area contributed by atoms with E-state index in [0.717, 1.165) is 22.6 Å². The largest absolute Gasteiger partial charge is 0.462 e. The number of nitrogens with one attached hydrogen (secondary N) is 1. The van der Waals surface area contributed by atoms with Crippen LogP contribution in [0.3, 0.4) is 0 Å². The molecule has 0 saturated heterocycles. The highest BCUT2D eigenvalue weighted by molar-refractivity contribution is 5.94. The Morgan fingerprint density at radius 1 is 1.17 bits per heavy atom. The van der Waals surface area contributed by atoms with E-state index in [1.807, 2.05) is 32.0 Å². The average Bonchev–Trinajstić information content (AvgIpc) is 3.02. The minimum atomic E-state index is -0.336. The maximum absolute atomic E-state index is 12.0. The number of aromatic nitrogens is 2. The van der Waals surface area contributed by atoms with Crippen LogP contribution in [-0.4, -0.2) is 34.2 Å². The Balaban J connectivity index is 1.76. The van der Waals surface area contributed by atoms with Gasteiger partial charge in [-0.05, 0) is 63.2 Å². The van der Waals surface area contributed by atoms with Crippen molar-refractivity contribution in [1.82, 2.24) is 15.0 Å². The Morgan fingerprint density at radius 3 is 2.59 bits per heavy atom. The molecule has 7 heteroatoms. The molecule has 0 aliphatic carbocycles. The first-order chi connectivity index (χ1) is 14.0. The van der Waals surface area contributed by atoms with Crippen LogP contribution < -0.4 is 5.43 Å². The van der Waals surface area contributed by atoms with Gasteiger partial charge in [0.25, 0.3) is 5.91 Å². The van der Waals surface area contributed by atoms with Gasteiger partial charge in [-0.25, -0.2) is 10.2 Å². The van der Waals surface area contributed by atoms with Crippen LogP contribution in [0.1, 0.15) is 44.6 Å². The van der Waals surface area contributed by atoms with Crippen LogP contribution in [0.5, 0.6) is 0 Å². The lowest BCUT2D eigenvalue weighted by molar-refractivity contribution is 0.0526. The predicted molar refractivity (Wildman–Crippen MR) is 110 cm³/mol. The molecule has 7 nitrogen and oxygen atoms in total. The second-order valence-corrected chi connectivity index (χ2v) is 6.37. The molecule has 0 atom stereocenters. The van der Waals surface area contributed by atoms with Gasteiger partial charge in [0.05, 0.1) is 23.9 Å². The van der Waals surface area contributed by atoms with E-state index in [1.165, 1.54) is 6.20 Å². The van der Waals surface area contributed by atoms with Crippen molar-refractivity contribution in [3.05, 3.63) is 82.9 Å². The lowest BCUT2D eigenvalue weighted by Crippen LogP contribution is -2.17. The molecule has 0 unspecified atom stereocenters. The quantitative estimate of drug-likeness (QED) is 0.397. The molecule has 0 aliphatic heterocycles. The average molecular weight is 390 g/mol. The second-order valence-electron chi connectivity index (χ2n) is 6.37. The number of hydrazone groups is 1. The zero-order valence-corrected chi connectivity index (χ0v) is 16.5. The minimum absolute atomic E-state index is 0.322. The number of pyridine rings is 1. The van der Waals surface area contributed by atoms with E-state index in [2.05, 4.69) is 20.1 Å². The van der Waals surface area contributed by atoms with Crippen molar-refractivity contribution in [1.29, 1.82) is 0 Å². The van der Waals surface area contributed by atoms with Gasteiger partial charge in [-0.3, -0.25) is 9.78 Å². The molecular formula is C22H22N4O3. The fourth-order valence-electron chi connectivity index (χ4n) is 3.00. The number of esters is 1. The third kappa shape index (κ3) is 4.57. The number of rotatable bonds is 6. The second kappa shape index (κ2) is 8.97. The van der Waals surface area contributed by atoms with E-state index in [9.17, 15) is 9.59 Å². The number of amides is 1. The molecule has 0 fully saturated rings. The van der Waals surface area contributed by atoms with Crippen molar-refractivity contribution in [2.45, 2.75) is 20.8 Å². The molecule has 2 heterocycles. The van der Waals surface area contributed by atoms with Crippen molar-refractivity contribution < 1.29 is 14.3 Å². The molecule has 0 radical (unpaired) electrons. The van der Waals surface area contributed by atoms with Crippen molar-refractivity contribution in [3.8, 4) is 5.69 Å². The zero-order valence-electron chi connectivity index (χ0n) is 16.5. The predicted octanol–water partition coefficient (Wildman–Crippen LogP) is 3.43. The normalized spacial score (nSPS) is 10.9. The molecule has 3 aromatic rings. The number of hydrogen-bond acceptors (Lipinski definition) is 5. The van der Waals surface area contributed by atoms with E-state index in [4.69, 9.17) is 4.74 Å². The molecule has 1 aromatic carbocycles. The van der Waals surface area contributed by atoms with Crippen LogP contribution in [-0.2, 0) is 4.74 Å². The summed E-state index contributed by atoms with van der Waals surface area (Å²) in [6, 6.07) is 12.6. The summed E-state index contributed by atoms with van der Waals surface area (Å²) < 4.78 is 7.07. The first-order valence-electron chi connectivity index (χ1n) is 9.21. The van der Waals surface area contributed by atoms with E-state index < -0.39 is 0 Å². The maximum atomic E-state index is 12.0. The van der Waals surface area contributed by atoms with Crippen LogP contribution in [0.25, 0.3) is 5.69 Å². The minimum Gasteiger partial charge on any atom is -0.462 e. The van der Waals surface area contributed by atoms with Crippen molar-refractivity contribution in [2.75, 3.05) is 6.61 Å². The van der Waals surface area contributed by atoms with E-state index in [-0.39, 0.29) is 11.9 Å². The molecule has 2 aromatic heterocycles. The first kappa shape index (κ1) is 20.0. The lowest BCUT2D eigenvalue weighted by Gasteiger charge is -2.10. The summed E-state index contributed by atoms with van der Waals surface area (Å²) in [5, 5.41) is 4.06. The van der Waals surface area contributed by atoms with Gasteiger partial charge < -0.3 is 9.30 Å². The molecular weight excluding hydrogens is 368 g/mol. The van der Waals surface area contributed by atoms with E-state index in [1.54, 1.807) is 43.6 Å². The van der Waals surface area contributed by atoms with Gasteiger partial charge >= 0.3 is 5.97 Å². The first-order valence-corrected chi connectivity index (χ1v) is 9.21. The van der Waals surface area contributed by atoms with Gasteiger partial charge in [0.15, 0.2) is 0 Å². The molecule has 0 aliphatic rings. The number of carbonyl (C=O) groups excluding carboxylic acids is 2. The topological polar surface area (TPSA) is 85.6 Å². The summed E-state index contributed by atoms with van der Waals surface area (Å²) in [6.07, 6.45) is 4.70. The molecule has 1 N–H and O–H groups in total. The number of benzene rings is 1. The van der Waals surface area contributed by atoms with Crippen LogP contribution in [0, 0.1) is 13.8 Å². The van der Waals surface area contributed by atoms with Gasteiger partial charge in [-0.2, -0.15) is 5.10 Å². The highest BCUT2D eigenvalue weighted by Gasteiger charge is 2.11. The molecule has 148 valence electrons. The number of ether oxygens (including phenoxy) is 1. The van der Waals surface area contributed by atoms with Gasteiger partial charge in [0.2, 0.25) is 0 Å². The number of nitrogens with zero attached hydrogens (tertiary/aromatic N) is 3. The molecule has 0 bridgehead atoms. The van der Waals surface area contributed by atoms with E-state index in [0.29, 0.717) is 17.7 Å². The monoisotopic (exact) mass is 390 g/mol.